The molecule has 1 aliphatic heterocycles. The largest absolute Gasteiger partial charge is 0.435 e. The number of halogens is 3. The molecule has 0 spiro atoms. The van der Waals surface area contributed by atoms with Gasteiger partial charge in [0.1, 0.15) is 0 Å². The highest BCUT2D eigenvalue weighted by Crippen LogP contribution is 2.27. The van der Waals surface area contributed by atoms with E-state index in [-0.39, 0.29) is 6.04 Å². The van der Waals surface area contributed by atoms with Gasteiger partial charge in [-0.25, -0.2) is 0 Å². The van der Waals surface area contributed by atoms with E-state index in [1.165, 1.54) is 10.9 Å². The third kappa shape index (κ3) is 2.75. The van der Waals surface area contributed by atoms with E-state index in [0.29, 0.717) is 6.54 Å². The molecule has 1 saturated heterocycles. The number of piperidine rings is 1. The fourth-order valence-corrected chi connectivity index (χ4v) is 1.92. The van der Waals surface area contributed by atoms with Crippen LogP contribution in [0.1, 0.15) is 25.0 Å². The van der Waals surface area contributed by atoms with E-state index in [9.17, 15) is 13.2 Å². The molecule has 1 unspecified atom stereocenters. The van der Waals surface area contributed by atoms with Crippen molar-refractivity contribution in [1.82, 2.24) is 15.1 Å². The summed E-state index contributed by atoms with van der Waals surface area (Å²) in [5.41, 5.74) is -0.816. The van der Waals surface area contributed by atoms with Crippen LogP contribution in [0.15, 0.2) is 12.3 Å². The summed E-state index contributed by atoms with van der Waals surface area (Å²) in [4.78, 5) is 0. The van der Waals surface area contributed by atoms with Crippen molar-refractivity contribution >= 4 is 0 Å². The van der Waals surface area contributed by atoms with Gasteiger partial charge >= 0.3 is 6.18 Å². The topological polar surface area (TPSA) is 29.9 Å². The standard InChI is InChI=1S/C10H14F3N3/c11-10(12,13)9-4-6-16(15-9)7-8-3-1-2-5-14-8/h4,6,8,14H,1-3,5,7H2. The van der Waals surface area contributed by atoms with Gasteiger partial charge in [0.15, 0.2) is 5.69 Å². The zero-order chi connectivity index (χ0) is 11.6. The summed E-state index contributed by atoms with van der Waals surface area (Å²) in [7, 11) is 0. The fraction of sp³-hybridized carbons (Fsp3) is 0.700. The normalized spacial score (nSPS) is 22.3. The number of alkyl halides is 3. The second kappa shape index (κ2) is 4.45. The number of rotatable bonds is 2. The van der Waals surface area contributed by atoms with E-state index in [0.717, 1.165) is 31.9 Å². The molecule has 0 aliphatic carbocycles. The molecule has 2 rings (SSSR count). The average Bonchev–Trinajstić information content (AvgIpc) is 2.67. The van der Waals surface area contributed by atoms with E-state index >= 15 is 0 Å². The lowest BCUT2D eigenvalue weighted by Crippen LogP contribution is -2.37. The van der Waals surface area contributed by atoms with Crippen molar-refractivity contribution < 1.29 is 13.2 Å². The molecule has 1 aromatic heterocycles. The molecule has 90 valence electrons. The van der Waals surface area contributed by atoms with Gasteiger partial charge in [0.25, 0.3) is 0 Å². The Kier molecular flexibility index (Phi) is 3.18. The Balaban J connectivity index is 1.97. The zero-order valence-electron chi connectivity index (χ0n) is 8.80. The Morgan fingerprint density at radius 1 is 1.44 bits per heavy atom. The van der Waals surface area contributed by atoms with Crippen LogP contribution >= 0.6 is 0 Å². The van der Waals surface area contributed by atoms with Crippen LogP contribution in [0, 0.1) is 0 Å². The van der Waals surface area contributed by atoms with Crippen molar-refractivity contribution in [3.63, 3.8) is 0 Å². The van der Waals surface area contributed by atoms with Crippen LogP contribution in [0.2, 0.25) is 0 Å². The molecule has 1 fully saturated rings. The molecule has 1 aliphatic rings. The lowest BCUT2D eigenvalue weighted by molar-refractivity contribution is -0.141. The molecule has 16 heavy (non-hydrogen) atoms. The summed E-state index contributed by atoms with van der Waals surface area (Å²) in [5.74, 6) is 0. The third-order valence-corrected chi connectivity index (χ3v) is 2.75. The molecule has 3 nitrogen and oxygen atoms in total. The van der Waals surface area contributed by atoms with Gasteiger partial charge in [0.05, 0.1) is 6.54 Å². The van der Waals surface area contributed by atoms with Gasteiger partial charge in [-0.1, -0.05) is 6.42 Å². The van der Waals surface area contributed by atoms with E-state index in [1.807, 2.05) is 0 Å². The summed E-state index contributed by atoms with van der Waals surface area (Å²) < 4.78 is 38.2. The highest BCUT2D eigenvalue weighted by atomic mass is 19.4. The summed E-state index contributed by atoms with van der Waals surface area (Å²) in [5, 5.41) is 6.80. The minimum Gasteiger partial charge on any atom is -0.312 e. The summed E-state index contributed by atoms with van der Waals surface area (Å²) in [6, 6.07) is 1.26. The fourth-order valence-electron chi connectivity index (χ4n) is 1.92. The predicted octanol–water partition coefficient (Wildman–Crippen LogP) is 2.04. The maximum atomic E-state index is 12.3. The zero-order valence-corrected chi connectivity index (χ0v) is 8.80. The monoisotopic (exact) mass is 233 g/mol. The number of hydrogen-bond donors (Lipinski definition) is 1. The lowest BCUT2D eigenvalue weighted by Gasteiger charge is -2.23. The van der Waals surface area contributed by atoms with Gasteiger partial charge in [0, 0.05) is 12.2 Å². The van der Waals surface area contributed by atoms with Gasteiger partial charge in [-0.05, 0) is 25.5 Å². The first-order chi connectivity index (χ1) is 7.55. The molecule has 6 heteroatoms. The predicted molar refractivity (Wildman–Crippen MR) is 52.9 cm³/mol. The second-order valence-electron chi connectivity index (χ2n) is 4.07. The first-order valence-electron chi connectivity index (χ1n) is 5.40. The molecule has 0 bridgehead atoms. The van der Waals surface area contributed by atoms with Crippen LogP contribution in [-0.2, 0) is 12.7 Å². The van der Waals surface area contributed by atoms with Gasteiger partial charge in [0.2, 0.25) is 0 Å². The lowest BCUT2D eigenvalue weighted by atomic mass is 10.1. The molecule has 0 saturated carbocycles. The SMILES string of the molecule is FC(F)(F)c1ccn(CC2CCCCN2)n1. The van der Waals surface area contributed by atoms with E-state index in [4.69, 9.17) is 0 Å². The van der Waals surface area contributed by atoms with E-state index in [1.54, 1.807) is 0 Å². The van der Waals surface area contributed by atoms with E-state index in [2.05, 4.69) is 10.4 Å². The minimum atomic E-state index is -4.34. The molecule has 1 N–H and O–H groups in total. The molecular weight excluding hydrogens is 219 g/mol. The van der Waals surface area contributed by atoms with Gasteiger partial charge < -0.3 is 5.32 Å². The Labute approximate surface area is 91.6 Å². The van der Waals surface area contributed by atoms with Crippen molar-refractivity contribution in [2.75, 3.05) is 6.54 Å². The van der Waals surface area contributed by atoms with Gasteiger partial charge in [-0.3, -0.25) is 4.68 Å². The Morgan fingerprint density at radius 3 is 2.81 bits per heavy atom. The smallest absolute Gasteiger partial charge is 0.312 e. The van der Waals surface area contributed by atoms with Gasteiger partial charge in [-0.2, -0.15) is 18.3 Å². The maximum absolute atomic E-state index is 12.3. The average molecular weight is 233 g/mol. The number of nitrogens with zero attached hydrogens (tertiary/aromatic N) is 2. The van der Waals surface area contributed by atoms with Crippen molar-refractivity contribution in [3.05, 3.63) is 18.0 Å². The molecule has 0 radical (unpaired) electrons. The first kappa shape index (κ1) is 11.4. The number of hydrogen-bond acceptors (Lipinski definition) is 2. The molecule has 1 aromatic rings. The summed E-state index contributed by atoms with van der Waals surface area (Å²) in [6.07, 6.45) is 0.319. The minimum absolute atomic E-state index is 0.245. The van der Waals surface area contributed by atoms with E-state index < -0.39 is 11.9 Å². The summed E-state index contributed by atoms with van der Waals surface area (Å²) >= 11 is 0. The Hall–Kier alpha value is -1.04. The highest BCUT2D eigenvalue weighted by molar-refractivity contribution is 5.03. The number of nitrogens with one attached hydrogen (secondary N) is 1. The molecule has 1 atom stereocenters. The van der Waals surface area contributed by atoms with Crippen LogP contribution < -0.4 is 5.32 Å². The highest BCUT2D eigenvalue weighted by Gasteiger charge is 2.33. The van der Waals surface area contributed by atoms with Crippen molar-refractivity contribution in [2.45, 2.75) is 38.0 Å². The molecule has 0 amide bonds. The molecule has 2 heterocycles. The van der Waals surface area contributed by atoms with Crippen LogP contribution in [-0.4, -0.2) is 22.4 Å². The maximum Gasteiger partial charge on any atom is 0.435 e. The van der Waals surface area contributed by atoms with Gasteiger partial charge in [-0.15, -0.1) is 0 Å². The Morgan fingerprint density at radius 2 is 2.25 bits per heavy atom. The summed E-state index contributed by atoms with van der Waals surface area (Å²) in [6.45, 7) is 1.45. The van der Waals surface area contributed by atoms with Crippen molar-refractivity contribution in [2.24, 2.45) is 0 Å². The first-order valence-corrected chi connectivity index (χ1v) is 5.40. The molecule has 0 aromatic carbocycles. The number of aromatic nitrogens is 2. The second-order valence-corrected chi connectivity index (χ2v) is 4.07. The van der Waals surface area contributed by atoms with Crippen molar-refractivity contribution in [3.8, 4) is 0 Å². The third-order valence-electron chi connectivity index (χ3n) is 2.75. The van der Waals surface area contributed by atoms with Crippen LogP contribution in [0.5, 0.6) is 0 Å². The van der Waals surface area contributed by atoms with Crippen LogP contribution in [0.25, 0.3) is 0 Å². The van der Waals surface area contributed by atoms with Crippen LogP contribution in [0.3, 0.4) is 0 Å². The Bertz CT molecular complexity index is 339. The van der Waals surface area contributed by atoms with Crippen LogP contribution in [0.4, 0.5) is 13.2 Å². The molecular formula is C10H14F3N3. The quantitative estimate of drug-likeness (QED) is 0.847. The van der Waals surface area contributed by atoms with Crippen molar-refractivity contribution in [1.29, 1.82) is 0 Å².